The number of ether oxygens (including phenoxy) is 2. The molecule has 164 valence electrons. The highest BCUT2D eigenvalue weighted by Gasteiger charge is 2.11. The Kier molecular flexibility index (Phi) is 7.76. The van der Waals surface area contributed by atoms with Crippen LogP contribution in [-0.4, -0.2) is 18.9 Å². The van der Waals surface area contributed by atoms with Crippen molar-refractivity contribution in [2.45, 2.75) is 6.61 Å². The minimum atomic E-state index is -0.622. The smallest absolute Gasteiger partial charge is 0.250 e. The predicted octanol–water partition coefficient (Wildman–Crippen LogP) is 5.33. The summed E-state index contributed by atoms with van der Waals surface area (Å²) in [6.45, 7) is 0.172. The van der Waals surface area contributed by atoms with Crippen LogP contribution in [0, 0.1) is 0 Å². The first-order valence-electron chi connectivity index (χ1n) is 9.50. The first-order valence-corrected chi connectivity index (χ1v) is 10.3. The Morgan fingerprint density at radius 2 is 1.72 bits per heavy atom. The highest BCUT2D eigenvalue weighted by Crippen LogP contribution is 2.31. The van der Waals surface area contributed by atoms with Gasteiger partial charge in [-0.2, -0.15) is 0 Å². The second-order valence-electron chi connectivity index (χ2n) is 6.63. The van der Waals surface area contributed by atoms with Crippen molar-refractivity contribution in [2.75, 3.05) is 12.4 Å². The second-order valence-corrected chi connectivity index (χ2v) is 7.45. The molecule has 3 N–H and O–H groups in total. The molecule has 0 fully saturated rings. The van der Waals surface area contributed by atoms with Crippen molar-refractivity contribution in [1.82, 2.24) is 0 Å². The molecule has 0 unspecified atom stereocenters. The van der Waals surface area contributed by atoms with E-state index in [4.69, 9.17) is 38.4 Å². The van der Waals surface area contributed by atoms with E-state index in [0.29, 0.717) is 38.4 Å². The fraction of sp³-hybridized carbons (Fsp3) is 0.0833. The molecule has 0 heterocycles. The minimum Gasteiger partial charge on any atom is -0.493 e. The van der Waals surface area contributed by atoms with E-state index in [-0.39, 0.29) is 12.2 Å². The van der Waals surface area contributed by atoms with Crippen LogP contribution in [-0.2, 0) is 11.4 Å². The Bertz CT molecular complexity index is 1160. The third-order valence-electron chi connectivity index (χ3n) is 4.50. The van der Waals surface area contributed by atoms with E-state index in [1.165, 1.54) is 13.2 Å². The zero-order valence-electron chi connectivity index (χ0n) is 17.1. The average molecular weight is 471 g/mol. The van der Waals surface area contributed by atoms with Crippen LogP contribution in [0.2, 0.25) is 10.0 Å². The minimum absolute atomic E-state index is 0.172. The van der Waals surface area contributed by atoms with Gasteiger partial charge in [0.2, 0.25) is 5.91 Å². The van der Waals surface area contributed by atoms with Gasteiger partial charge in [-0.3, -0.25) is 9.59 Å². The van der Waals surface area contributed by atoms with Crippen molar-refractivity contribution in [3.8, 4) is 11.5 Å². The summed E-state index contributed by atoms with van der Waals surface area (Å²) in [4.78, 5) is 23.8. The van der Waals surface area contributed by atoms with Gasteiger partial charge >= 0.3 is 0 Å². The Labute approximate surface area is 195 Å². The topological polar surface area (TPSA) is 90.6 Å². The van der Waals surface area contributed by atoms with E-state index in [0.717, 1.165) is 0 Å². The summed E-state index contributed by atoms with van der Waals surface area (Å²) in [6.07, 6.45) is 2.95. The lowest BCUT2D eigenvalue weighted by Crippen LogP contribution is -2.16. The van der Waals surface area contributed by atoms with Crippen molar-refractivity contribution in [2.24, 2.45) is 5.73 Å². The molecular formula is C24H20Cl2N2O4. The molecule has 0 spiro atoms. The van der Waals surface area contributed by atoms with Crippen molar-refractivity contribution in [1.29, 1.82) is 0 Å². The van der Waals surface area contributed by atoms with Gasteiger partial charge < -0.3 is 20.5 Å². The largest absolute Gasteiger partial charge is 0.493 e. The summed E-state index contributed by atoms with van der Waals surface area (Å²) in [5.74, 6) is -0.0510. The van der Waals surface area contributed by atoms with E-state index in [9.17, 15) is 9.59 Å². The number of methoxy groups -OCH3 is 1. The van der Waals surface area contributed by atoms with Gasteiger partial charge in [0.15, 0.2) is 11.5 Å². The number of rotatable bonds is 8. The summed E-state index contributed by atoms with van der Waals surface area (Å²) < 4.78 is 11.2. The third-order valence-corrected chi connectivity index (χ3v) is 5.21. The highest BCUT2D eigenvalue weighted by atomic mass is 35.5. The van der Waals surface area contributed by atoms with Crippen molar-refractivity contribution in [3.63, 3.8) is 0 Å². The molecule has 0 aliphatic rings. The molecule has 3 aromatic rings. The average Bonchev–Trinajstić information content (AvgIpc) is 2.78. The monoisotopic (exact) mass is 470 g/mol. The predicted molar refractivity (Wildman–Crippen MR) is 126 cm³/mol. The molecule has 8 heteroatoms. The second kappa shape index (κ2) is 10.7. The van der Waals surface area contributed by atoms with Crippen molar-refractivity contribution < 1.29 is 19.1 Å². The van der Waals surface area contributed by atoms with E-state index in [1.54, 1.807) is 66.7 Å². The number of halogens is 2. The first kappa shape index (κ1) is 23.2. The van der Waals surface area contributed by atoms with Crippen LogP contribution >= 0.6 is 23.2 Å². The molecule has 0 aromatic heterocycles. The molecule has 0 saturated carbocycles. The number of primary amides is 1. The van der Waals surface area contributed by atoms with Crippen molar-refractivity contribution >= 4 is 46.8 Å². The lowest BCUT2D eigenvalue weighted by molar-refractivity contribution is -0.111. The molecule has 0 atom stereocenters. The van der Waals surface area contributed by atoms with Crippen LogP contribution < -0.4 is 20.5 Å². The third kappa shape index (κ3) is 5.81. The molecule has 0 aliphatic heterocycles. The van der Waals surface area contributed by atoms with E-state index in [1.807, 2.05) is 0 Å². The van der Waals surface area contributed by atoms with Gasteiger partial charge in [-0.1, -0.05) is 47.5 Å². The molecule has 3 aromatic carbocycles. The number of hydrogen-bond donors (Lipinski definition) is 2. The normalized spacial score (nSPS) is 10.7. The molecular weight excluding hydrogens is 451 g/mol. The number of anilines is 1. The van der Waals surface area contributed by atoms with Gasteiger partial charge in [0.05, 0.1) is 18.4 Å². The van der Waals surface area contributed by atoms with Crippen LogP contribution in [0.15, 0.2) is 66.7 Å². The van der Waals surface area contributed by atoms with Crippen LogP contribution in [0.1, 0.15) is 21.5 Å². The highest BCUT2D eigenvalue weighted by molar-refractivity contribution is 6.35. The number of amides is 2. The lowest BCUT2D eigenvalue weighted by atomic mass is 10.1. The summed E-state index contributed by atoms with van der Waals surface area (Å²) in [5.41, 5.74) is 7.29. The molecule has 0 saturated heterocycles. The van der Waals surface area contributed by atoms with Crippen LogP contribution in [0.5, 0.6) is 11.5 Å². The van der Waals surface area contributed by atoms with Crippen molar-refractivity contribution in [3.05, 3.63) is 93.5 Å². The van der Waals surface area contributed by atoms with E-state index >= 15 is 0 Å². The van der Waals surface area contributed by atoms with Crippen LogP contribution in [0.4, 0.5) is 5.69 Å². The number of para-hydroxylation sites is 1. The maximum atomic E-state index is 12.3. The van der Waals surface area contributed by atoms with E-state index in [2.05, 4.69) is 5.32 Å². The molecule has 2 amide bonds. The van der Waals surface area contributed by atoms with Gasteiger partial charge in [0.25, 0.3) is 5.91 Å². The summed E-state index contributed by atoms with van der Waals surface area (Å²) in [6, 6.07) is 17.0. The first-order chi connectivity index (χ1) is 15.4. The summed E-state index contributed by atoms with van der Waals surface area (Å²) in [5, 5.41) is 3.67. The number of carbonyl (C=O) groups is 2. The number of hydrogen-bond acceptors (Lipinski definition) is 4. The zero-order chi connectivity index (χ0) is 23.1. The maximum Gasteiger partial charge on any atom is 0.250 e. The summed E-state index contributed by atoms with van der Waals surface area (Å²) in [7, 11) is 1.52. The quantitative estimate of drug-likeness (QED) is 0.435. The number of nitrogens with one attached hydrogen (secondary N) is 1. The van der Waals surface area contributed by atoms with Crippen LogP contribution in [0.25, 0.3) is 6.08 Å². The van der Waals surface area contributed by atoms with Gasteiger partial charge in [0.1, 0.15) is 6.61 Å². The maximum absolute atomic E-state index is 12.3. The van der Waals surface area contributed by atoms with Gasteiger partial charge in [-0.15, -0.1) is 0 Å². The molecule has 0 radical (unpaired) electrons. The molecule has 32 heavy (non-hydrogen) atoms. The Balaban J connectivity index is 1.70. The fourth-order valence-corrected chi connectivity index (χ4v) is 3.39. The summed E-state index contributed by atoms with van der Waals surface area (Å²) >= 11 is 12.4. The molecule has 6 nitrogen and oxygen atoms in total. The van der Waals surface area contributed by atoms with E-state index < -0.39 is 11.8 Å². The SMILES string of the molecule is COc1cc(/C=C/C(=O)Nc2ccccc2C(N)=O)ccc1OCc1c(Cl)cccc1Cl. The van der Waals surface area contributed by atoms with Gasteiger partial charge in [0, 0.05) is 21.7 Å². The van der Waals surface area contributed by atoms with Crippen LogP contribution in [0.3, 0.4) is 0 Å². The number of nitrogens with two attached hydrogens (primary N) is 1. The Morgan fingerprint density at radius 1 is 1.00 bits per heavy atom. The fourth-order valence-electron chi connectivity index (χ4n) is 2.88. The van der Waals surface area contributed by atoms with Gasteiger partial charge in [-0.05, 0) is 48.0 Å². The Morgan fingerprint density at radius 3 is 2.41 bits per heavy atom. The Hall–Kier alpha value is -3.48. The zero-order valence-corrected chi connectivity index (χ0v) is 18.6. The number of benzene rings is 3. The standard InChI is InChI=1S/C24H20Cl2N2O4/c1-31-22-13-15(9-11-21(22)32-14-17-18(25)6-4-7-19(17)26)10-12-23(29)28-20-8-3-2-5-16(20)24(27)30/h2-13H,14H2,1H3,(H2,27,30)(H,28,29)/b12-10+. The number of carbonyl (C=O) groups excluding carboxylic acids is 2. The molecule has 0 bridgehead atoms. The molecule has 3 rings (SSSR count). The molecule has 0 aliphatic carbocycles. The lowest BCUT2D eigenvalue weighted by Gasteiger charge is -2.13. The van der Waals surface area contributed by atoms with Gasteiger partial charge in [-0.25, -0.2) is 0 Å².